The van der Waals surface area contributed by atoms with Crippen molar-refractivity contribution in [3.8, 4) is 0 Å². The molecule has 0 aliphatic rings. The van der Waals surface area contributed by atoms with E-state index in [0.29, 0.717) is 29.1 Å². The van der Waals surface area contributed by atoms with Gasteiger partial charge in [-0.1, -0.05) is 116 Å². The SMILES string of the molecule is CC(/C=C(/C)[N-]c1c(C(C)C)cccc1C(C)C)=Nc1c(C(C)C)cccc1C(C)C.CC(C)(C)[CH]=[Ti+].O=S(=O)(O)C(F)(F)F. The van der Waals surface area contributed by atoms with Crippen LogP contribution in [-0.2, 0) is 30.1 Å². The van der Waals surface area contributed by atoms with Crippen molar-refractivity contribution in [1.82, 2.24) is 0 Å². The van der Waals surface area contributed by atoms with E-state index in [1.807, 2.05) is 0 Å². The molecule has 0 atom stereocenters. The Morgan fingerprint density at radius 1 is 0.800 bits per heavy atom. The minimum absolute atomic E-state index is 0.417. The van der Waals surface area contributed by atoms with Gasteiger partial charge < -0.3 is 5.32 Å². The molecule has 251 valence electrons. The van der Waals surface area contributed by atoms with Crippen LogP contribution in [0.25, 0.3) is 5.32 Å². The number of hydrogen-bond acceptors (Lipinski definition) is 3. The molecule has 0 saturated heterocycles. The maximum absolute atomic E-state index is 10.7. The third kappa shape index (κ3) is 15.4. The predicted molar refractivity (Wildman–Crippen MR) is 182 cm³/mol. The number of aliphatic imine (C=N–C) groups is 1. The molecule has 2 aromatic carbocycles. The fourth-order valence-electron chi connectivity index (χ4n) is 4.00. The molecule has 1 N–H and O–H groups in total. The normalized spacial score (nSPS) is 13.0. The number of nitrogens with zero attached hydrogens (tertiary/aromatic N) is 2. The maximum atomic E-state index is 10.7. The van der Waals surface area contributed by atoms with Gasteiger partial charge in [0.1, 0.15) is 0 Å². The van der Waals surface area contributed by atoms with Gasteiger partial charge in [-0.2, -0.15) is 27.3 Å². The maximum Gasteiger partial charge on any atom is 0.522 e. The van der Waals surface area contributed by atoms with Gasteiger partial charge in [-0.3, -0.25) is 9.55 Å². The molecule has 2 aromatic rings. The van der Waals surface area contributed by atoms with Crippen LogP contribution in [0, 0.1) is 5.41 Å². The Balaban J connectivity index is 0.00000115. The third-order valence-corrected chi connectivity index (χ3v) is 8.34. The monoisotopic (exact) mass is 685 g/mol. The van der Waals surface area contributed by atoms with Gasteiger partial charge >= 0.3 is 66.1 Å². The Bertz CT molecular complexity index is 1370. The molecular formula is C35H52F3N2O3STi. The Hall–Kier alpha value is -2.07. The van der Waals surface area contributed by atoms with Gasteiger partial charge in [0.05, 0.1) is 5.69 Å². The fourth-order valence-corrected chi connectivity index (χ4v) is 4.00. The Labute approximate surface area is 281 Å². The van der Waals surface area contributed by atoms with E-state index in [4.69, 9.17) is 23.3 Å². The summed E-state index contributed by atoms with van der Waals surface area (Å²) in [6.07, 6.45) is 2.11. The van der Waals surface area contributed by atoms with Crippen LogP contribution in [0.3, 0.4) is 0 Å². The van der Waals surface area contributed by atoms with E-state index in [2.05, 4.69) is 157 Å². The van der Waals surface area contributed by atoms with Gasteiger partial charge in [-0.05, 0) is 41.7 Å². The predicted octanol–water partition coefficient (Wildman–Crippen LogP) is 11.7. The number of benzene rings is 2. The first kappa shape index (κ1) is 42.9. The topological polar surface area (TPSA) is 80.8 Å². The Morgan fingerprint density at radius 3 is 1.38 bits per heavy atom. The van der Waals surface area contributed by atoms with Crippen LogP contribution in [-0.4, -0.2) is 28.5 Å². The minimum atomic E-state index is -5.84. The van der Waals surface area contributed by atoms with Crippen LogP contribution >= 0.6 is 0 Å². The molecule has 5 nitrogen and oxygen atoms in total. The second-order valence-corrected chi connectivity index (χ2v) is 15.1. The first-order valence-corrected chi connectivity index (χ1v) is 17.4. The average molecular weight is 686 g/mol. The fraction of sp³-hybridized carbons (Fsp3) is 0.543. The minimum Gasteiger partial charge on any atom is -0.279 e. The molecule has 2 rings (SSSR count). The average Bonchev–Trinajstić information content (AvgIpc) is 2.87. The Morgan fingerprint density at radius 2 is 1.11 bits per heavy atom. The molecule has 0 aliphatic carbocycles. The first-order valence-electron chi connectivity index (χ1n) is 15.1. The summed E-state index contributed by atoms with van der Waals surface area (Å²) in [6, 6.07) is 13.1. The summed E-state index contributed by atoms with van der Waals surface area (Å²) >= 11 is 2.08. The largest absolute Gasteiger partial charge is 0.522 e. The van der Waals surface area contributed by atoms with Crippen molar-refractivity contribution in [2.24, 2.45) is 10.4 Å². The van der Waals surface area contributed by atoms with Gasteiger partial charge in [0.2, 0.25) is 0 Å². The van der Waals surface area contributed by atoms with Crippen LogP contribution in [0.2, 0.25) is 0 Å². The van der Waals surface area contributed by atoms with Crippen LogP contribution in [0.4, 0.5) is 24.5 Å². The second-order valence-electron chi connectivity index (χ2n) is 13.3. The molecule has 0 amide bonds. The van der Waals surface area contributed by atoms with Crippen LogP contribution in [0.1, 0.15) is 136 Å². The summed E-state index contributed by atoms with van der Waals surface area (Å²) in [7, 11) is -5.84. The summed E-state index contributed by atoms with van der Waals surface area (Å²) < 4.78 is 59.7. The van der Waals surface area contributed by atoms with Crippen molar-refractivity contribution in [2.75, 3.05) is 0 Å². The molecule has 0 bridgehead atoms. The number of halogens is 3. The molecule has 10 heteroatoms. The summed E-state index contributed by atoms with van der Waals surface area (Å²) in [5.74, 6) is 1.75. The third-order valence-electron chi connectivity index (χ3n) is 6.40. The number of allylic oxidation sites excluding steroid dienone is 2. The van der Waals surface area contributed by atoms with Gasteiger partial charge in [0.15, 0.2) is 0 Å². The van der Waals surface area contributed by atoms with Gasteiger partial charge in [0.25, 0.3) is 0 Å². The van der Waals surface area contributed by atoms with Gasteiger partial charge in [0, 0.05) is 5.71 Å². The summed E-state index contributed by atoms with van der Waals surface area (Å²) in [5, 5.41) is 5.08. The van der Waals surface area contributed by atoms with E-state index in [0.717, 1.165) is 22.8 Å². The van der Waals surface area contributed by atoms with E-state index in [1.165, 1.54) is 22.3 Å². The van der Waals surface area contributed by atoms with Crippen molar-refractivity contribution in [3.63, 3.8) is 0 Å². The van der Waals surface area contributed by atoms with Crippen molar-refractivity contribution in [1.29, 1.82) is 0 Å². The van der Waals surface area contributed by atoms with E-state index >= 15 is 0 Å². The van der Waals surface area contributed by atoms with E-state index in [1.54, 1.807) is 0 Å². The molecule has 0 aliphatic heterocycles. The van der Waals surface area contributed by atoms with Crippen molar-refractivity contribution in [2.45, 2.75) is 119 Å². The molecule has 0 saturated carbocycles. The van der Waals surface area contributed by atoms with Crippen LogP contribution in [0.5, 0.6) is 0 Å². The standard InChI is InChI=1S/C29H41N2.C5H10.CHF3O3S.Ti/c1-18(2)24-13-11-14-25(19(3)4)28(24)30-22(9)17-23(10)31-29-26(20(5)6)15-12-16-27(29)21(7)8;1-5(2,3)4;2-1(3,4)8(5,6)7;/h11-21H,1-10H3;1H,2-4H3;(H,5,6,7);/q-1;;;+1/b22-17-,31-23?;;;. The van der Waals surface area contributed by atoms with E-state index < -0.39 is 15.6 Å². The summed E-state index contributed by atoms with van der Waals surface area (Å²) in [6.45, 7) is 28.6. The van der Waals surface area contributed by atoms with E-state index in [9.17, 15) is 13.2 Å². The zero-order valence-corrected chi connectivity index (χ0v) is 31.5. The number of alkyl halides is 3. The molecule has 0 unspecified atom stereocenters. The number of rotatable bonds is 8. The number of para-hydroxylation sites is 2. The first-order chi connectivity index (χ1) is 20.3. The summed E-state index contributed by atoms with van der Waals surface area (Å²) in [5.41, 5.74) is 4.34. The van der Waals surface area contributed by atoms with Gasteiger partial charge in [-0.15, -0.1) is 5.69 Å². The molecule has 45 heavy (non-hydrogen) atoms. The van der Waals surface area contributed by atoms with Gasteiger partial charge in [-0.25, -0.2) is 0 Å². The zero-order chi connectivity index (χ0) is 35.5. The molecule has 0 heterocycles. The smallest absolute Gasteiger partial charge is 0.279 e. The zero-order valence-electron chi connectivity index (χ0n) is 29.1. The van der Waals surface area contributed by atoms with E-state index in [-0.39, 0.29) is 0 Å². The molecular weight excluding hydrogens is 633 g/mol. The molecule has 0 fully saturated rings. The van der Waals surface area contributed by atoms with Crippen molar-refractivity contribution < 1.29 is 46.1 Å². The summed E-state index contributed by atoms with van der Waals surface area (Å²) in [4.78, 5) is 5.08. The molecule has 0 spiro atoms. The molecule has 0 radical (unpaired) electrons. The molecule has 0 aromatic heterocycles. The second kappa shape index (κ2) is 18.3. The van der Waals surface area contributed by atoms with Crippen LogP contribution < -0.4 is 0 Å². The van der Waals surface area contributed by atoms with Crippen molar-refractivity contribution >= 4 is 31.5 Å². The Kier molecular flexibility index (Phi) is 17.5. The number of hydrogen-bond donors (Lipinski definition) is 1. The van der Waals surface area contributed by atoms with Crippen molar-refractivity contribution in [3.05, 3.63) is 75.7 Å². The van der Waals surface area contributed by atoms with Crippen LogP contribution in [0.15, 0.2) is 53.2 Å². The quantitative estimate of drug-likeness (QED) is 0.130.